The van der Waals surface area contributed by atoms with E-state index in [9.17, 15) is 9.18 Å². The van der Waals surface area contributed by atoms with Gasteiger partial charge in [0.15, 0.2) is 0 Å². The average molecular weight is 314 g/mol. The molecular weight excluding hydrogens is 291 g/mol. The Morgan fingerprint density at radius 1 is 1.13 bits per heavy atom. The maximum Gasteiger partial charge on any atom is 0.228 e. The Kier molecular flexibility index (Phi) is 5.74. The number of carbonyl (C=O) groups is 1. The number of hydrogen-bond donors (Lipinski definition) is 1. The van der Waals surface area contributed by atoms with Crippen LogP contribution in [0.3, 0.4) is 0 Å². The summed E-state index contributed by atoms with van der Waals surface area (Å²) in [6, 6.07) is 14.5. The number of nitrogens with zero attached hydrogens (tertiary/aromatic N) is 1. The van der Waals surface area contributed by atoms with E-state index in [1.165, 1.54) is 6.07 Å². The highest BCUT2D eigenvalue weighted by molar-refractivity contribution is 5.92. The summed E-state index contributed by atoms with van der Waals surface area (Å²) in [6.07, 6.45) is 0.0293. The van der Waals surface area contributed by atoms with Crippen LogP contribution < -0.4 is 10.2 Å². The molecule has 0 unspecified atom stereocenters. The third-order valence-corrected chi connectivity index (χ3v) is 3.76. The minimum absolute atomic E-state index is 0.0293. The molecule has 0 atom stereocenters. The average Bonchev–Trinajstić information content (AvgIpc) is 2.51. The molecule has 1 N–H and O–H groups in total. The van der Waals surface area contributed by atoms with E-state index >= 15 is 0 Å². The lowest BCUT2D eigenvalue weighted by Crippen LogP contribution is -2.30. The van der Waals surface area contributed by atoms with Crippen LogP contribution in [0.5, 0.6) is 0 Å². The van der Waals surface area contributed by atoms with Crippen molar-refractivity contribution in [2.24, 2.45) is 0 Å². The predicted molar refractivity (Wildman–Crippen MR) is 93.3 cm³/mol. The Balaban J connectivity index is 2.00. The van der Waals surface area contributed by atoms with Gasteiger partial charge in [-0.05, 0) is 56.7 Å². The van der Waals surface area contributed by atoms with Crippen molar-refractivity contribution in [3.05, 3.63) is 59.9 Å². The zero-order chi connectivity index (χ0) is 16.8. The Labute approximate surface area is 137 Å². The second-order valence-corrected chi connectivity index (χ2v) is 5.74. The molecule has 0 spiro atoms. The van der Waals surface area contributed by atoms with Crippen molar-refractivity contribution >= 4 is 17.3 Å². The molecule has 0 saturated carbocycles. The number of nitrogens with one attached hydrogen (secondary N) is 1. The van der Waals surface area contributed by atoms with Crippen molar-refractivity contribution in [3.63, 3.8) is 0 Å². The minimum Gasteiger partial charge on any atom is -0.369 e. The molecule has 0 aliphatic heterocycles. The van der Waals surface area contributed by atoms with Gasteiger partial charge in [-0.3, -0.25) is 4.79 Å². The zero-order valence-corrected chi connectivity index (χ0v) is 13.8. The lowest BCUT2D eigenvalue weighted by molar-refractivity contribution is -0.115. The minimum atomic E-state index is -0.353. The van der Waals surface area contributed by atoms with E-state index in [0.717, 1.165) is 17.9 Å². The van der Waals surface area contributed by atoms with Gasteiger partial charge in [-0.15, -0.1) is 0 Å². The zero-order valence-electron chi connectivity index (χ0n) is 13.8. The summed E-state index contributed by atoms with van der Waals surface area (Å²) in [5.74, 6) is -0.576. The number of amides is 1. The van der Waals surface area contributed by atoms with Gasteiger partial charge in [0, 0.05) is 24.0 Å². The lowest BCUT2D eigenvalue weighted by Gasteiger charge is -2.27. The molecule has 0 aliphatic rings. The van der Waals surface area contributed by atoms with E-state index in [1.54, 1.807) is 18.2 Å². The molecular formula is C19H23FN2O. The Hall–Kier alpha value is -2.36. The molecule has 0 fully saturated rings. The third kappa shape index (κ3) is 4.55. The van der Waals surface area contributed by atoms with Gasteiger partial charge in [0.05, 0.1) is 6.42 Å². The molecule has 0 radical (unpaired) electrons. The molecule has 0 saturated heterocycles. The van der Waals surface area contributed by atoms with E-state index in [-0.39, 0.29) is 18.1 Å². The van der Waals surface area contributed by atoms with Crippen LogP contribution >= 0.6 is 0 Å². The highest BCUT2D eigenvalue weighted by atomic mass is 19.1. The molecule has 0 aromatic heterocycles. The molecule has 1 amide bonds. The van der Waals surface area contributed by atoms with Crippen LogP contribution in [0.15, 0.2) is 48.5 Å². The summed E-state index contributed by atoms with van der Waals surface area (Å²) >= 11 is 0. The fourth-order valence-corrected chi connectivity index (χ4v) is 2.60. The summed E-state index contributed by atoms with van der Waals surface area (Å²) in [5.41, 5.74) is 2.24. The van der Waals surface area contributed by atoms with E-state index in [2.05, 4.69) is 31.0 Å². The van der Waals surface area contributed by atoms with Crippen LogP contribution in [-0.2, 0) is 11.2 Å². The summed E-state index contributed by atoms with van der Waals surface area (Å²) in [6.45, 7) is 7.34. The Morgan fingerprint density at radius 3 is 2.35 bits per heavy atom. The number of halogens is 1. The first kappa shape index (κ1) is 17.0. The number of carbonyl (C=O) groups excluding carboxylic acids is 1. The number of hydrogen-bond acceptors (Lipinski definition) is 2. The van der Waals surface area contributed by atoms with Gasteiger partial charge in [-0.2, -0.15) is 0 Å². The SMILES string of the molecule is CCN(c1ccc(NC(=O)Cc2ccccc2F)cc1)C(C)C. The quantitative estimate of drug-likeness (QED) is 0.865. The molecule has 23 heavy (non-hydrogen) atoms. The molecule has 122 valence electrons. The first-order valence-corrected chi connectivity index (χ1v) is 7.91. The monoisotopic (exact) mass is 314 g/mol. The van der Waals surface area contributed by atoms with Gasteiger partial charge in [-0.1, -0.05) is 18.2 Å². The smallest absolute Gasteiger partial charge is 0.228 e. The van der Waals surface area contributed by atoms with E-state index in [0.29, 0.717) is 11.6 Å². The van der Waals surface area contributed by atoms with Gasteiger partial charge < -0.3 is 10.2 Å². The standard InChI is InChI=1S/C19H23FN2O/c1-4-22(14(2)3)17-11-9-16(10-12-17)21-19(23)13-15-7-5-6-8-18(15)20/h5-12,14H,4,13H2,1-3H3,(H,21,23). The second-order valence-electron chi connectivity index (χ2n) is 5.74. The lowest BCUT2D eigenvalue weighted by atomic mass is 10.1. The molecule has 2 rings (SSSR count). The fourth-order valence-electron chi connectivity index (χ4n) is 2.60. The Bertz CT molecular complexity index is 653. The maximum atomic E-state index is 13.6. The molecule has 3 nitrogen and oxygen atoms in total. The van der Waals surface area contributed by atoms with Crippen LogP contribution in [0.2, 0.25) is 0 Å². The highest BCUT2D eigenvalue weighted by Gasteiger charge is 2.10. The van der Waals surface area contributed by atoms with Crippen LogP contribution in [-0.4, -0.2) is 18.5 Å². The van der Waals surface area contributed by atoms with Gasteiger partial charge in [-0.25, -0.2) is 4.39 Å². The summed E-state index contributed by atoms with van der Waals surface area (Å²) < 4.78 is 13.6. The molecule has 0 aliphatic carbocycles. The normalized spacial score (nSPS) is 10.7. The predicted octanol–water partition coefficient (Wildman–Crippen LogP) is 4.24. The summed E-state index contributed by atoms with van der Waals surface area (Å²) in [5, 5.41) is 2.81. The first-order valence-electron chi connectivity index (χ1n) is 7.91. The van der Waals surface area contributed by atoms with Crippen molar-refractivity contribution in [1.29, 1.82) is 0 Å². The molecule has 0 heterocycles. The van der Waals surface area contributed by atoms with Crippen molar-refractivity contribution in [3.8, 4) is 0 Å². The molecule has 0 bridgehead atoms. The summed E-state index contributed by atoms with van der Waals surface area (Å²) in [7, 11) is 0. The largest absolute Gasteiger partial charge is 0.369 e. The van der Waals surface area contributed by atoms with Crippen LogP contribution in [0.25, 0.3) is 0 Å². The van der Waals surface area contributed by atoms with Crippen molar-refractivity contribution < 1.29 is 9.18 Å². The van der Waals surface area contributed by atoms with E-state index in [4.69, 9.17) is 0 Å². The Morgan fingerprint density at radius 2 is 1.78 bits per heavy atom. The van der Waals surface area contributed by atoms with Crippen LogP contribution in [0, 0.1) is 5.82 Å². The van der Waals surface area contributed by atoms with E-state index < -0.39 is 0 Å². The summed E-state index contributed by atoms with van der Waals surface area (Å²) in [4.78, 5) is 14.3. The van der Waals surface area contributed by atoms with Crippen LogP contribution in [0.1, 0.15) is 26.3 Å². The van der Waals surface area contributed by atoms with Crippen LogP contribution in [0.4, 0.5) is 15.8 Å². The first-order chi connectivity index (χ1) is 11.0. The van der Waals surface area contributed by atoms with Gasteiger partial charge >= 0.3 is 0 Å². The van der Waals surface area contributed by atoms with Crippen molar-refractivity contribution in [2.45, 2.75) is 33.2 Å². The maximum absolute atomic E-state index is 13.6. The van der Waals surface area contributed by atoms with E-state index in [1.807, 2.05) is 24.3 Å². The van der Waals surface area contributed by atoms with Crippen molar-refractivity contribution in [2.75, 3.05) is 16.8 Å². The number of rotatable bonds is 6. The second kappa shape index (κ2) is 7.77. The highest BCUT2D eigenvalue weighted by Crippen LogP contribution is 2.20. The molecule has 2 aromatic rings. The fraction of sp³-hybridized carbons (Fsp3) is 0.316. The number of anilines is 2. The molecule has 4 heteroatoms. The number of benzene rings is 2. The topological polar surface area (TPSA) is 32.3 Å². The van der Waals surface area contributed by atoms with Gasteiger partial charge in [0.2, 0.25) is 5.91 Å². The van der Waals surface area contributed by atoms with Gasteiger partial charge in [0.1, 0.15) is 5.82 Å². The van der Waals surface area contributed by atoms with Crippen molar-refractivity contribution in [1.82, 2.24) is 0 Å². The third-order valence-electron chi connectivity index (χ3n) is 3.76. The molecule has 2 aromatic carbocycles. The van der Waals surface area contributed by atoms with Gasteiger partial charge in [0.25, 0.3) is 0 Å².